The summed E-state index contributed by atoms with van der Waals surface area (Å²) < 4.78 is 5.28. The first-order chi connectivity index (χ1) is 10.1. The maximum atomic E-state index is 12.5. The lowest BCUT2D eigenvalue weighted by molar-refractivity contribution is -0.137. The summed E-state index contributed by atoms with van der Waals surface area (Å²) in [5.74, 6) is -0.396. The van der Waals surface area contributed by atoms with Gasteiger partial charge in [0.25, 0.3) is 0 Å². The minimum atomic E-state index is -0.869. The van der Waals surface area contributed by atoms with Crippen molar-refractivity contribution in [2.45, 2.75) is 32.6 Å². The van der Waals surface area contributed by atoms with Crippen LogP contribution in [0.4, 0.5) is 0 Å². The molecular weight excluding hydrogens is 282 g/mol. The molecule has 0 saturated carbocycles. The number of nitrogens with zero attached hydrogens (tertiary/aromatic N) is 1. The van der Waals surface area contributed by atoms with Crippen LogP contribution >= 0.6 is 0 Å². The second kappa shape index (κ2) is 7.40. The van der Waals surface area contributed by atoms with Crippen LogP contribution in [0.1, 0.15) is 43.1 Å². The van der Waals surface area contributed by atoms with Crippen LogP contribution in [0.2, 0.25) is 0 Å². The Labute approximate surface area is 131 Å². The van der Waals surface area contributed by atoms with Crippen LogP contribution in [0.15, 0.2) is 18.2 Å². The number of Topliss-reactive ketones (excluding diaryl/α,β-unsaturated/α-hetero) is 1. The fourth-order valence-corrected chi connectivity index (χ4v) is 2.09. The van der Waals surface area contributed by atoms with Crippen molar-refractivity contribution >= 4 is 11.8 Å². The quantitative estimate of drug-likeness (QED) is 0.784. The molecule has 5 nitrogen and oxygen atoms in total. The van der Waals surface area contributed by atoms with E-state index in [1.807, 2.05) is 18.2 Å². The van der Waals surface area contributed by atoms with Gasteiger partial charge in [0.1, 0.15) is 5.75 Å². The molecule has 0 bridgehead atoms. The van der Waals surface area contributed by atoms with Crippen molar-refractivity contribution in [3.05, 3.63) is 29.3 Å². The molecule has 5 heteroatoms. The van der Waals surface area contributed by atoms with Gasteiger partial charge in [-0.3, -0.25) is 14.5 Å². The molecule has 122 valence electrons. The number of rotatable bonds is 7. The number of hydrogen-bond acceptors (Lipinski definition) is 4. The van der Waals surface area contributed by atoms with E-state index in [1.54, 1.807) is 11.9 Å². The lowest BCUT2D eigenvalue weighted by Crippen LogP contribution is -2.28. The lowest BCUT2D eigenvalue weighted by Gasteiger charge is -2.21. The van der Waals surface area contributed by atoms with Crippen molar-refractivity contribution in [3.63, 3.8) is 0 Å². The molecular formula is C17H25NO4. The van der Waals surface area contributed by atoms with E-state index in [0.717, 1.165) is 5.56 Å². The van der Waals surface area contributed by atoms with E-state index in [9.17, 15) is 9.59 Å². The zero-order valence-electron chi connectivity index (χ0n) is 14.0. The predicted octanol–water partition coefficient (Wildman–Crippen LogP) is 2.58. The Balaban J connectivity index is 2.93. The maximum absolute atomic E-state index is 12.5. The van der Waals surface area contributed by atoms with Crippen molar-refractivity contribution < 1.29 is 19.4 Å². The van der Waals surface area contributed by atoms with Gasteiger partial charge in [-0.15, -0.1) is 0 Å². The Morgan fingerprint density at radius 3 is 2.41 bits per heavy atom. The van der Waals surface area contributed by atoms with Crippen LogP contribution in [0.3, 0.4) is 0 Å². The molecule has 0 radical (unpaired) electrons. The minimum Gasteiger partial charge on any atom is -0.496 e. The second-order valence-electron chi connectivity index (χ2n) is 6.47. The summed E-state index contributed by atoms with van der Waals surface area (Å²) in [6.45, 7) is 6.76. The summed E-state index contributed by atoms with van der Waals surface area (Å²) in [4.78, 5) is 24.8. The fourth-order valence-electron chi connectivity index (χ4n) is 2.09. The summed E-state index contributed by atoms with van der Waals surface area (Å²) in [5, 5.41) is 8.69. The van der Waals surface area contributed by atoms with Crippen LogP contribution in [-0.2, 0) is 10.2 Å². The highest BCUT2D eigenvalue weighted by molar-refractivity contribution is 6.00. The molecule has 0 spiro atoms. The Kier molecular flexibility index (Phi) is 6.11. The summed E-state index contributed by atoms with van der Waals surface area (Å²) in [5.41, 5.74) is 1.54. The number of hydrogen-bond donors (Lipinski definition) is 1. The number of carboxylic acid groups (broad SMARTS) is 1. The average molecular weight is 307 g/mol. The van der Waals surface area contributed by atoms with Gasteiger partial charge in [-0.2, -0.15) is 0 Å². The van der Waals surface area contributed by atoms with Crippen molar-refractivity contribution in [2.75, 3.05) is 27.2 Å². The van der Waals surface area contributed by atoms with Crippen molar-refractivity contribution in [1.82, 2.24) is 4.90 Å². The molecule has 1 N–H and O–H groups in total. The Bertz CT molecular complexity index is 546. The second-order valence-corrected chi connectivity index (χ2v) is 6.47. The van der Waals surface area contributed by atoms with E-state index >= 15 is 0 Å². The molecule has 1 aromatic carbocycles. The van der Waals surface area contributed by atoms with Crippen LogP contribution in [0.5, 0.6) is 5.75 Å². The highest BCUT2D eigenvalue weighted by Crippen LogP contribution is 2.28. The summed E-state index contributed by atoms with van der Waals surface area (Å²) in [6, 6.07) is 5.64. The molecule has 0 unspecified atom stereocenters. The minimum absolute atomic E-state index is 0.0168. The monoisotopic (exact) mass is 307 g/mol. The third kappa shape index (κ3) is 5.15. The van der Waals surface area contributed by atoms with Crippen molar-refractivity contribution in [1.29, 1.82) is 0 Å². The van der Waals surface area contributed by atoms with Gasteiger partial charge in [0, 0.05) is 6.54 Å². The third-order valence-corrected chi connectivity index (χ3v) is 3.49. The summed E-state index contributed by atoms with van der Waals surface area (Å²) >= 11 is 0. The van der Waals surface area contributed by atoms with Crippen LogP contribution in [-0.4, -0.2) is 49.0 Å². The van der Waals surface area contributed by atoms with Gasteiger partial charge in [0.15, 0.2) is 5.78 Å². The maximum Gasteiger partial charge on any atom is 0.304 e. The van der Waals surface area contributed by atoms with E-state index in [1.165, 1.54) is 7.11 Å². The van der Waals surface area contributed by atoms with E-state index in [4.69, 9.17) is 9.84 Å². The number of ether oxygens (including phenoxy) is 1. The van der Waals surface area contributed by atoms with Gasteiger partial charge in [-0.25, -0.2) is 0 Å². The zero-order valence-corrected chi connectivity index (χ0v) is 14.0. The Morgan fingerprint density at radius 1 is 1.27 bits per heavy atom. The van der Waals surface area contributed by atoms with Crippen LogP contribution in [0, 0.1) is 0 Å². The molecule has 0 fully saturated rings. The van der Waals surface area contributed by atoms with Gasteiger partial charge in [0.05, 0.1) is 25.6 Å². The number of likely N-dealkylation sites (N-methyl/N-ethyl adjacent to an activating group) is 1. The number of benzene rings is 1. The molecule has 0 aliphatic carbocycles. The first kappa shape index (κ1) is 18.2. The highest BCUT2D eigenvalue weighted by Gasteiger charge is 2.20. The fraction of sp³-hybridized carbons (Fsp3) is 0.529. The standard InChI is InChI=1S/C17H25NO4/c1-17(2,3)12-6-7-15(22-5)13(10-12)14(19)11-18(4)9-8-16(20)21/h6-7,10H,8-9,11H2,1-5H3,(H,20,21). The van der Waals surface area contributed by atoms with Crippen LogP contribution in [0.25, 0.3) is 0 Å². The Hall–Kier alpha value is -1.88. The normalized spacial score (nSPS) is 11.5. The molecule has 0 heterocycles. The third-order valence-electron chi connectivity index (χ3n) is 3.49. The van der Waals surface area contributed by atoms with E-state index < -0.39 is 5.97 Å². The van der Waals surface area contributed by atoms with Gasteiger partial charge in [0.2, 0.25) is 0 Å². The predicted molar refractivity (Wildman–Crippen MR) is 85.8 cm³/mol. The van der Waals surface area contributed by atoms with Gasteiger partial charge in [-0.1, -0.05) is 26.8 Å². The molecule has 22 heavy (non-hydrogen) atoms. The molecule has 0 saturated heterocycles. The first-order valence-electron chi connectivity index (χ1n) is 7.27. The number of ketones is 1. The lowest BCUT2D eigenvalue weighted by atomic mass is 9.85. The number of carbonyl (C=O) groups excluding carboxylic acids is 1. The van der Waals surface area contributed by atoms with E-state index in [2.05, 4.69) is 20.8 Å². The smallest absolute Gasteiger partial charge is 0.304 e. The number of aliphatic carboxylic acids is 1. The van der Waals surface area contributed by atoms with Crippen molar-refractivity contribution in [2.24, 2.45) is 0 Å². The molecule has 1 aromatic rings. The topological polar surface area (TPSA) is 66.8 Å². The number of carbonyl (C=O) groups is 2. The largest absolute Gasteiger partial charge is 0.496 e. The number of carboxylic acids is 1. The SMILES string of the molecule is COc1ccc(C(C)(C)C)cc1C(=O)CN(C)CCC(=O)O. The summed E-state index contributed by atoms with van der Waals surface area (Å²) in [7, 11) is 3.28. The van der Waals surface area contributed by atoms with Crippen LogP contribution < -0.4 is 4.74 Å². The van der Waals surface area contributed by atoms with Gasteiger partial charge < -0.3 is 9.84 Å². The van der Waals surface area contributed by atoms with Gasteiger partial charge >= 0.3 is 5.97 Å². The van der Waals surface area contributed by atoms with E-state index in [0.29, 0.717) is 17.9 Å². The molecule has 1 rings (SSSR count). The highest BCUT2D eigenvalue weighted by atomic mass is 16.5. The molecule has 0 amide bonds. The molecule has 0 aliphatic rings. The number of methoxy groups -OCH3 is 1. The molecule has 0 atom stereocenters. The zero-order chi connectivity index (χ0) is 16.9. The van der Waals surface area contributed by atoms with Gasteiger partial charge in [-0.05, 0) is 30.2 Å². The Morgan fingerprint density at radius 2 is 1.91 bits per heavy atom. The average Bonchev–Trinajstić information content (AvgIpc) is 2.43. The first-order valence-corrected chi connectivity index (χ1v) is 7.27. The van der Waals surface area contributed by atoms with E-state index in [-0.39, 0.29) is 24.2 Å². The molecule has 0 aromatic heterocycles. The van der Waals surface area contributed by atoms with Crippen molar-refractivity contribution in [3.8, 4) is 5.75 Å². The molecule has 0 aliphatic heterocycles. The summed E-state index contributed by atoms with van der Waals surface area (Å²) in [6.07, 6.45) is 0.0168.